The van der Waals surface area contributed by atoms with Crippen LogP contribution in [-0.4, -0.2) is 15.4 Å². The Hall–Kier alpha value is -0.610. The third kappa shape index (κ3) is 1.40. The third-order valence-electron chi connectivity index (χ3n) is 0.731. The Morgan fingerprint density at radius 1 is 1.89 bits per heavy atom. The van der Waals surface area contributed by atoms with Crippen molar-refractivity contribution in [2.45, 2.75) is 0 Å². The Morgan fingerprint density at radius 2 is 2.67 bits per heavy atom. The summed E-state index contributed by atoms with van der Waals surface area (Å²) in [6.07, 6.45) is 0. The lowest BCUT2D eigenvalue weighted by atomic mass is 10.5. The fourth-order valence-corrected chi connectivity index (χ4v) is 1.07. The van der Waals surface area contributed by atoms with Crippen LogP contribution in [0.2, 0.25) is 0 Å². The highest BCUT2D eigenvalue weighted by atomic mass is 35.5. The number of thiazole rings is 1. The molecule has 5 heteroatoms. The van der Waals surface area contributed by atoms with Gasteiger partial charge < -0.3 is 5.21 Å². The average Bonchev–Trinajstić information content (AvgIpc) is 2.37. The van der Waals surface area contributed by atoms with Crippen molar-refractivity contribution in [1.82, 2.24) is 4.98 Å². The lowest BCUT2D eigenvalue weighted by Gasteiger charge is -1.83. The molecule has 1 aromatic heterocycles. The van der Waals surface area contributed by atoms with Gasteiger partial charge in [-0.15, -0.1) is 11.3 Å². The van der Waals surface area contributed by atoms with Crippen LogP contribution in [0.25, 0.3) is 0 Å². The summed E-state index contributed by atoms with van der Waals surface area (Å²) in [5, 5.41) is 12.6. The van der Waals surface area contributed by atoms with Gasteiger partial charge in [0.2, 0.25) is 0 Å². The summed E-state index contributed by atoms with van der Waals surface area (Å²) in [5.41, 5.74) is 2.12. The fourth-order valence-electron chi connectivity index (χ4n) is 0.366. The number of aromatic nitrogens is 1. The Balaban J connectivity index is 2.90. The molecule has 9 heavy (non-hydrogen) atoms. The summed E-state index contributed by atoms with van der Waals surface area (Å²) >= 11 is 6.77. The summed E-state index contributed by atoms with van der Waals surface area (Å²) in [5.74, 6) is 0. The van der Waals surface area contributed by atoms with Gasteiger partial charge in [0.05, 0.1) is 5.51 Å². The molecule has 1 rings (SSSR count). The van der Waals surface area contributed by atoms with Gasteiger partial charge in [-0.25, -0.2) is 4.98 Å². The molecule has 0 aromatic carbocycles. The fraction of sp³-hybridized carbons (Fsp3) is 0. The van der Waals surface area contributed by atoms with Crippen LogP contribution in [0.4, 0.5) is 0 Å². The van der Waals surface area contributed by atoms with E-state index in [1.165, 1.54) is 11.3 Å². The molecule has 1 N–H and O–H groups in total. The monoisotopic (exact) mass is 162 g/mol. The molecule has 0 amide bonds. The van der Waals surface area contributed by atoms with Crippen molar-refractivity contribution in [3.8, 4) is 0 Å². The molecule has 0 unspecified atom stereocenters. The van der Waals surface area contributed by atoms with E-state index in [-0.39, 0.29) is 5.17 Å². The van der Waals surface area contributed by atoms with Crippen LogP contribution in [-0.2, 0) is 0 Å². The van der Waals surface area contributed by atoms with E-state index in [0.29, 0.717) is 5.69 Å². The molecule has 0 bridgehead atoms. The lowest BCUT2D eigenvalue weighted by molar-refractivity contribution is 0.320. The van der Waals surface area contributed by atoms with E-state index in [2.05, 4.69) is 10.1 Å². The predicted molar refractivity (Wildman–Crippen MR) is 36.3 cm³/mol. The maximum absolute atomic E-state index is 8.13. The van der Waals surface area contributed by atoms with Crippen molar-refractivity contribution in [1.29, 1.82) is 0 Å². The van der Waals surface area contributed by atoms with Gasteiger partial charge in [0, 0.05) is 5.38 Å². The van der Waals surface area contributed by atoms with Gasteiger partial charge in [-0.05, 0) is 0 Å². The Kier molecular flexibility index (Phi) is 2.02. The van der Waals surface area contributed by atoms with Crippen LogP contribution in [0.15, 0.2) is 16.0 Å². The maximum atomic E-state index is 8.13. The quantitative estimate of drug-likeness (QED) is 0.387. The number of rotatable bonds is 1. The summed E-state index contributed by atoms with van der Waals surface area (Å²) in [4.78, 5) is 3.78. The first-order valence-corrected chi connectivity index (χ1v) is 3.43. The molecule has 0 saturated heterocycles. The first-order chi connectivity index (χ1) is 4.34. The molecule has 0 saturated carbocycles. The van der Waals surface area contributed by atoms with Crippen LogP contribution in [0.3, 0.4) is 0 Å². The summed E-state index contributed by atoms with van der Waals surface area (Å²) < 4.78 is 0. The van der Waals surface area contributed by atoms with E-state index >= 15 is 0 Å². The molecule has 1 aromatic rings. The van der Waals surface area contributed by atoms with Crippen molar-refractivity contribution >= 4 is 28.1 Å². The van der Waals surface area contributed by atoms with Crippen LogP contribution in [0, 0.1) is 0 Å². The van der Waals surface area contributed by atoms with Gasteiger partial charge in [-0.3, -0.25) is 0 Å². The lowest BCUT2D eigenvalue weighted by Crippen LogP contribution is -1.88. The zero-order chi connectivity index (χ0) is 6.69. The van der Waals surface area contributed by atoms with E-state index < -0.39 is 0 Å². The minimum absolute atomic E-state index is 0.0243. The average molecular weight is 163 g/mol. The second-order valence-corrected chi connectivity index (χ2v) is 2.34. The van der Waals surface area contributed by atoms with Gasteiger partial charge in [0.25, 0.3) is 0 Å². The molecule has 0 aliphatic rings. The topological polar surface area (TPSA) is 45.5 Å². The number of hydrogen-bond donors (Lipinski definition) is 1. The molecular weight excluding hydrogens is 160 g/mol. The SMILES string of the molecule is O/N=C(\Cl)c1cscn1. The standard InChI is InChI=1S/C4H3ClN2OS/c5-4(7-8)3-1-9-2-6-3/h1-2,8H/b7-4-. The van der Waals surface area contributed by atoms with Crippen LogP contribution in [0.1, 0.15) is 5.69 Å². The van der Waals surface area contributed by atoms with Crippen LogP contribution >= 0.6 is 22.9 Å². The van der Waals surface area contributed by atoms with E-state index in [0.717, 1.165) is 0 Å². The molecular formula is C4H3ClN2OS. The molecule has 1 heterocycles. The van der Waals surface area contributed by atoms with Crippen molar-refractivity contribution < 1.29 is 5.21 Å². The highest BCUT2D eigenvalue weighted by Gasteiger charge is 1.99. The molecule has 0 radical (unpaired) electrons. The van der Waals surface area contributed by atoms with Gasteiger partial charge in [0.15, 0.2) is 5.17 Å². The van der Waals surface area contributed by atoms with Crippen molar-refractivity contribution in [3.63, 3.8) is 0 Å². The second kappa shape index (κ2) is 2.80. The van der Waals surface area contributed by atoms with E-state index in [1.54, 1.807) is 10.9 Å². The van der Waals surface area contributed by atoms with Gasteiger partial charge >= 0.3 is 0 Å². The molecule has 0 spiro atoms. The number of nitrogens with zero attached hydrogens (tertiary/aromatic N) is 2. The van der Waals surface area contributed by atoms with E-state index in [4.69, 9.17) is 16.8 Å². The molecule has 48 valence electrons. The Morgan fingerprint density at radius 3 is 3.11 bits per heavy atom. The Bertz CT molecular complexity index is 208. The van der Waals surface area contributed by atoms with Crippen LogP contribution < -0.4 is 0 Å². The van der Waals surface area contributed by atoms with E-state index in [1.807, 2.05) is 0 Å². The summed E-state index contributed by atoms with van der Waals surface area (Å²) in [7, 11) is 0. The van der Waals surface area contributed by atoms with Crippen molar-refractivity contribution in [3.05, 3.63) is 16.6 Å². The van der Waals surface area contributed by atoms with Crippen LogP contribution in [0.5, 0.6) is 0 Å². The molecule has 0 aliphatic carbocycles. The first kappa shape index (κ1) is 6.51. The number of halogens is 1. The van der Waals surface area contributed by atoms with Crippen molar-refractivity contribution in [2.24, 2.45) is 5.16 Å². The summed E-state index contributed by atoms with van der Waals surface area (Å²) in [6, 6.07) is 0. The third-order valence-corrected chi connectivity index (χ3v) is 1.59. The highest BCUT2D eigenvalue weighted by molar-refractivity contribution is 7.08. The summed E-state index contributed by atoms with van der Waals surface area (Å²) in [6.45, 7) is 0. The van der Waals surface area contributed by atoms with Gasteiger partial charge in [0.1, 0.15) is 5.69 Å². The molecule has 0 aliphatic heterocycles. The minimum Gasteiger partial charge on any atom is -0.410 e. The Labute approximate surface area is 60.6 Å². The molecule has 3 nitrogen and oxygen atoms in total. The predicted octanol–water partition coefficient (Wildman–Crippen LogP) is 1.52. The molecule has 0 fully saturated rings. The minimum atomic E-state index is 0.0243. The number of hydrogen-bond acceptors (Lipinski definition) is 4. The zero-order valence-electron chi connectivity index (χ0n) is 4.28. The highest BCUT2D eigenvalue weighted by Crippen LogP contribution is 2.04. The normalized spacial score (nSPS) is 11.9. The maximum Gasteiger partial charge on any atom is 0.194 e. The second-order valence-electron chi connectivity index (χ2n) is 1.26. The smallest absolute Gasteiger partial charge is 0.194 e. The zero-order valence-corrected chi connectivity index (χ0v) is 5.85. The molecule has 0 atom stereocenters. The van der Waals surface area contributed by atoms with Gasteiger partial charge in [-0.2, -0.15) is 0 Å². The largest absolute Gasteiger partial charge is 0.410 e. The van der Waals surface area contributed by atoms with Gasteiger partial charge in [-0.1, -0.05) is 16.8 Å². The van der Waals surface area contributed by atoms with Crippen molar-refractivity contribution in [2.75, 3.05) is 0 Å². The number of oxime groups is 1. The van der Waals surface area contributed by atoms with E-state index in [9.17, 15) is 0 Å². The first-order valence-electron chi connectivity index (χ1n) is 2.10.